The van der Waals surface area contributed by atoms with E-state index in [1.165, 1.54) is 5.56 Å². The van der Waals surface area contributed by atoms with Crippen LogP contribution in [0.2, 0.25) is 0 Å². The number of hydrogen-bond donors (Lipinski definition) is 2. The Morgan fingerprint density at radius 2 is 1.90 bits per heavy atom. The summed E-state index contributed by atoms with van der Waals surface area (Å²) < 4.78 is 0. The van der Waals surface area contributed by atoms with Gasteiger partial charge < -0.3 is 15.3 Å². The molecule has 4 nitrogen and oxygen atoms in total. The van der Waals surface area contributed by atoms with E-state index in [1.807, 2.05) is 11.0 Å². The van der Waals surface area contributed by atoms with E-state index >= 15 is 0 Å². The molecule has 4 heteroatoms. The van der Waals surface area contributed by atoms with E-state index in [-0.39, 0.29) is 18.1 Å². The summed E-state index contributed by atoms with van der Waals surface area (Å²) in [5.74, 6) is 0.732. The quantitative estimate of drug-likeness (QED) is 0.849. The van der Waals surface area contributed by atoms with Gasteiger partial charge in [0.1, 0.15) is 0 Å². The van der Waals surface area contributed by atoms with Crippen molar-refractivity contribution < 1.29 is 9.90 Å². The molecule has 2 atom stereocenters. The number of carbonyl (C=O) groups is 1. The van der Waals surface area contributed by atoms with Crippen LogP contribution < -0.4 is 5.32 Å². The maximum absolute atomic E-state index is 12.3. The summed E-state index contributed by atoms with van der Waals surface area (Å²) in [4.78, 5) is 14.3. The molecule has 1 aromatic rings. The summed E-state index contributed by atoms with van der Waals surface area (Å²) in [5, 5.41) is 12.6. The summed E-state index contributed by atoms with van der Waals surface area (Å²) in [6, 6.07) is 10.4. The van der Waals surface area contributed by atoms with E-state index in [2.05, 4.69) is 29.6 Å². The lowest BCUT2D eigenvalue weighted by Gasteiger charge is -2.33. The number of nitrogens with one attached hydrogen (secondary N) is 1. The molecule has 1 aromatic carbocycles. The number of hydrogen-bond acceptors (Lipinski definition) is 3. The molecule has 2 heterocycles. The van der Waals surface area contributed by atoms with Crippen molar-refractivity contribution in [3.05, 3.63) is 35.9 Å². The Morgan fingerprint density at radius 3 is 2.50 bits per heavy atom. The van der Waals surface area contributed by atoms with Gasteiger partial charge in [-0.1, -0.05) is 30.3 Å². The highest BCUT2D eigenvalue weighted by molar-refractivity contribution is 5.82. The molecule has 2 saturated heterocycles. The average Bonchev–Trinajstić information content (AvgIpc) is 2.94. The minimum Gasteiger partial charge on any atom is -0.392 e. The van der Waals surface area contributed by atoms with Crippen LogP contribution in [0.1, 0.15) is 30.7 Å². The van der Waals surface area contributed by atoms with Crippen LogP contribution in [0.25, 0.3) is 0 Å². The first-order chi connectivity index (χ1) is 9.74. The number of amides is 1. The smallest absolute Gasteiger partial charge is 0.239 e. The highest BCUT2D eigenvalue weighted by Crippen LogP contribution is 2.28. The van der Waals surface area contributed by atoms with Crippen LogP contribution in [0.4, 0.5) is 0 Å². The molecule has 2 aliphatic heterocycles. The minimum atomic E-state index is -0.370. The molecular formula is C16H22N2O2. The lowest BCUT2D eigenvalue weighted by Crippen LogP contribution is -2.46. The van der Waals surface area contributed by atoms with Crippen molar-refractivity contribution >= 4 is 5.91 Å². The lowest BCUT2D eigenvalue weighted by atomic mass is 9.89. The van der Waals surface area contributed by atoms with E-state index in [4.69, 9.17) is 0 Å². The van der Waals surface area contributed by atoms with Crippen LogP contribution in [-0.2, 0) is 4.79 Å². The molecule has 3 rings (SSSR count). The van der Waals surface area contributed by atoms with Gasteiger partial charge in [-0.15, -0.1) is 0 Å². The van der Waals surface area contributed by atoms with Crippen LogP contribution in [0.3, 0.4) is 0 Å². The van der Waals surface area contributed by atoms with Crippen molar-refractivity contribution in [1.29, 1.82) is 0 Å². The van der Waals surface area contributed by atoms with Crippen molar-refractivity contribution in [2.45, 2.75) is 37.3 Å². The molecule has 0 radical (unpaired) electrons. The third-order valence-corrected chi connectivity index (χ3v) is 4.48. The lowest BCUT2D eigenvalue weighted by molar-refractivity contribution is -0.134. The summed E-state index contributed by atoms with van der Waals surface area (Å²) in [5.41, 5.74) is 1.38. The Bertz CT molecular complexity index is 455. The minimum absolute atomic E-state index is 0.160. The van der Waals surface area contributed by atoms with Crippen LogP contribution in [0, 0.1) is 0 Å². The second-order valence-electron chi connectivity index (χ2n) is 5.86. The normalized spacial score (nSPS) is 27.8. The number of aliphatic hydroxyl groups excluding tert-OH is 1. The Hall–Kier alpha value is -1.39. The predicted molar refractivity (Wildman–Crippen MR) is 77.4 cm³/mol. The van der Waals surface area contributed by atoms with Crippen LogP contribution in [-0.4, -0.2) is 47.7 Å². The van der Waals surface area contributed by atoms with Gasteiger partial charge in [-0.25, -0.2) is 0 Å². The zero-order valence-corrected chi connectivity index (χ0v) is 11.7. The maximum atomic E-state index is 12.3. The maximum Gasteiger partial charge on any atom is 0.239 e. The van der Waals surface area contributed by atoms with Crippen molar-refractivity contribution in [3.63, 3.8) is 0 Å². The molecule has 0 unspecified atom stereocenters. The number of aliphatic hydroxyl groups is 1. The molecule has 0 aromatic heterocycles. The molecule has 0 aliphatic carbocycles. The highest BCUT2D eigenvalue weighted by Gasteiger charge is 2.33. The average molecular weight is 274 g/mol. The van der Waals surface area contributed by atoms with Crippen molar-refractivity contribution in [1.82, 2.24) is 10.2 Å². The zero-order chi connectivity index (χ0) is 13.9. The third-order valence-electron chi connectivity index (χ3n) is 4.48. The van der Waals surface area contributed by atoms with E-state index in [1.54, 1.807) is 0 Å². The van der Waals surface area contributed by atoms with Gasteiger partial charge in [0.05, 0.1) is 12.1 Å². The van der Waals surface area contributed by atoms with Gasteiger partial charge in [0.25, 0.3) is 0 Å². The van der Waals surface area contributed by atoms with E-state index in [0.717, 1.165) is 25.9 Å². The molecule has 2 fully saturated rings. The first-order valence-electron chi connectivity index (χ1n) is 7.49. The van der Waals surface area contributed by atoms with Crippen molar-refractivity contribution in [3.8, 4) is 0 Å². The van der Waals surface area contributed by atoms with E-state index < -0.39 is 0 Å². The molecule has 0 saturated carbocycles. The summed E-state index contributed by atoms with van der Waals surface area (Å²) in [6.45, 7) is 2.19. The number of likely N-dealkylation sites (tertiary alicyclic amines) is 1. The molecule has 20 heavy (non-hydrogen) atoms. The number of nitrogens with zero attached hydrogens (tertiary/aromatic N) is 1. The monoisotopic (exact) mass is 274 g/mol. The van der Waals surface area contributed by atoms with Gasteiger partial charge in [0.15, 0.2) is 0 Å². The Labute approximate surface area is 119 Å². The SMILES string of the molecule is O=C([C@H]1C[C@H](O)CN1)N1CCC(c2ccccc2)CC1. The Kier molecular flexibility index (Phi) is 4.03. The second-order valence-corrected chi connectivity index (χ2v) is 5.86. The number of benzene rings is 1. The third kappa shape index (κ3) is 2.86. The first kappa shape index (κ1) is 13.6. The molecule has 108 valence electrons. The number of rotatable bonds is 2. The van der Waals surface area contributed by atoms with Gasteiger partial charge in [0.2, 0.25) is 5.91 Å². The van der Waals surface area contributed by atoms with Gasteiger partial charge in [-0.05, 0) is 30.7 Å². The van der Waals surface area contributed by atoms with Crippen LogP contribution in [0.5, 0.6) is 0 Å². The fourth-order valence-corrected chi connectivity index (χ4v) is 3.28. The fraction of sp³-hybridized carbons (Fsp3) is 0.562. The topological polar surface area (TPSA) is 52.6 Å². The summed E-state index contributed by atoms with van der Waals surface area (Å²) in [6.07, 6.45) is 2.25. The van der Waals surface area contributed by atoms with Gasteiger partial charge >= 0.3 is 0 Å². The largest absolute Gasteiger partial charge is 0.392 e. The fourth-order valence-electron chi connectivity index (χ4n) is 3.28. The Balaban J connectivity index is 1.55. The van der Waals surface area contributed by atoms with Gasteiger partial charge in [-0.3, -0.25) is 4.79 Å². The predicted octanol–water partition coefficient (Wildman–Crippen LogP) is 1.12. The Morgan fingerprint density at radius 1 is 1.20 bits per heavy atom. The molecular weight excluding hydrogens is 252 g/mol. The standard InChI is InChI=1S/C16H22N2O2/c19-14-10-15(17-11-14)16(20)18-8-6-13(7-9-18)12-4-2-1-3-5-12/h1-5,13-15,17,19H,6-11H2/t14-,15+/m0/s1. The van der Waals surface area contributed by atoms with Crippen molar-refractivity contribution in [2.24, 2.45) is 0 Å². The first-order valence-corrected chi connectivity index (χ1v) is 7.49. The molecule has 2 N–H and O–H groups in total. The molecule has 0 bridgehead atoms. The number of β-amino-alcohol motifs (C(OH)–C–C–N with tert-alkyl or cyclic N) is 1. The summed E-state index contributed by atoms with van der Waals surface area (Å²) in [7, 11) is 0. The molecule has 1 amide bonds. The van der Waals surface area contributed by atoms with Gasteiger partial charge in [0, 0.05) is 19.6 Å². The summed E-state index contributed by atoms with van der Waals surface area (Å²) >= 11 is 0. The number of carbonyl (C=O) groups excluding carboxylic acids is 1. The van der Waals surface area contributed by atoms with Crippen LogP contribution >= 0.6 is 0 Å². The highest BCUT2D eigenvalue weighted by atomic mass is 16.3. The number of piperidine rings is 1. The van der Waals surface area contributed by atoms with E-state index in [0.29, 0.717) is 18.9 Å². The van der Waals surface area contributed by atoms with Crippen LogP contribution in [0.15, 0.2) is 30.3 Å². The van der Waals surface area contributed by atoms with Crippen molar-refractivity contribution in [2.75, 3.05) is 19.6 Å². The molecule has 0 spiro atoms. The second kappa shape index (κ2) is 5.94. The van der Waals surface area contributed by atoms with E-state index in [9.17, 15) is 9.90 Å². The molecule has 2 aliphatic rings. The van der Waals surface area contributed by atoms with Gasteiger partial charge in [-0.2, -0.15) is 0 Å². The zero-order valence-electron chi connectivity index (χ0n) is 11.7.